The minimum Gasteiger partial charge on any atom is -0.475 e. The second-order valence-electron chi connectivity index (χ2n) is 6.16. The van der Waals surface area contributed by atoms with Crippen molar-refractivity contribution >= 4 is 5.97 Å². The SMILES string of the molecule is O=C(O)c1oc(C2CCNC2)nc1-c1ccc(Oc2ccccc2)cc1. The van der Waals surface area contributed by atoms with Crippen LogP contribution in [0.3, 0.4) is 0 Å². The number of nitrogens with zero attached hydrogens (tertiary/aromatic N) is 1. The van der Waals surface area contributed by atoms with Crippen molar-refractivity contribution in [2.24, 2.45) is 0 Å². The van der Waals surface area contributed by atoms with Crippen molar-refractivity contribution in [1.82, 2.24) is 10.3 Å². The lowest BCUT2D eigenvalue weighted by Gasteiger charge is -2.06. The fourth-order valence-electron chi connectivity index (χ4n) is 3.02. The van der Waals surface area contributed by atoms with E-state index in [0.717, 1.165) is 25.3 Å². The highest BCUT2D eigenvalue weighted by molar-refractivity contribution is 5.91. The molecule has 2 N–H and O–H groups in total. The van der Waals surface area contributed by atoms with Gasteiger partial charge in [0.25, 0.3) is 0 Å². The Labute approximate surface area is 150 Å². The van der Waals surface area contributed by atoms with Gasteiger partial charge in [0.15, 0.2) is 5.89 Å². The van der Waals surface area contributed by atoms with E-state index in [-0.39, 0.29) is 11.7 Å². The molecule has 6 heteroatoms. The summed E-state index contributed by atoms with van der Waals surface area (Å²) in [6.45, 7) is 1.64. The van der Waals surface area contributed by atoms with Gasteiger partial charge >= 0.3 is 5.97 Å². The second-order valence-corrected chi connectivity index (χ2v) is 6.16. The lowest BCUT2D eigenvalue weighted by Crippen LogP contribution is -2.08. The Balaban J connectivity index is 1.61. The van der Waals surface area contributed by atoms with Gasteiger partial charge in [-0.1, -0.05) is 18.2 Å². The summed E-state index contributed by atoms with van der Waals surface area (Å²) < 4.78 is 11.3. The Morgan fingerprint density at radius 3 is 2.50 bits per heavy atom. The molecule has 26 heavy (non-hydrogen) atoms. The number of aromatic carboxylic acids is 1. The maximum atomic E-state index is 11.6. The van der Waals surface area contributed by atoms with Crippen LogP contribution in [0.2, 0.25) is 0 Å². The first-order valence-corrected chi connectivity index (χ1v) is 8.49. The zero-order chi connectivity index (χ0) is 17.9. The molecule has 0 saturated carbocycles. The van der Waals surface area contributed by atoms with Crippen molar-refractivity contribution in [3.05, 3.63) is 66.2 Å². The Morgan fingerprint density at radius 1 is 1.12 bits per heavy atom. The van der Waals surface area contributed by atoms with Crippen LogP contribution < -0.4 is 10.1 Å². The number of hydrogen-bond donors (Lipinski definition) is 2. The Kier molecular flexibility index (Phi) is 4.41. The van der Waals surface area contributed by atoms with E-state index in [1.807, 2.05) is 30.3 Å². The molecule has 1 fully saturated rings. The van der Waals surface area contributed by atoms with Gasteiger partial charge in [0.05, 0.1) is 0 Å². The van der Waals surface area contributed by atoms with Gasteiger partial charge in [-0.05, 0) is 49.4 Å². The zero-order valence-electron chi connectivity index (χ0n) is 14.0. The molecule has 0 bridgehead atoms. The topological polar surface area (TPSA) is 84.6 Å². The number of ether oxygens (including phenoxy) is 1. The molecule has 0 spiro atoms. The van der Waals surface area contributed by atoms with E-state index in [1.165, 1.54) is 0 Å². The average molecular weight is 350 g/mol. The van der Waals surface area contributed by atoms with Gasteiger partial charge in [-0.2, -0.15) is 0 Å². The van der Waals surface area contributed by atoms with Crippen LogP contribution in [-0.4, -0.2) is 29.1 Å². The summed E-state index contributed by atoms with van der Waals surface area (Å²) in [4.78, 5) is 16.0. The van der Waals surface area contributed by atoms with Crippen LogP contribution in [0.5, 0.6) is 11.5 Å². The number of benzene rings is 2. The molecular weight excluding hydrogens is 332 g/mol. The van der Waals surface area contributed by atoms with E-state index < -0.39 is 5.97 Å². The highest BCUT2D eigenvalue weighted by Crippen LogP contribution is 2.31. The first-order chi connectivity index (χ1) is 12.7. The third-order valence-corrected chi connectivity index (χ3v) is 4.35. The van der Waals surface area contributed by atoms with E-state index >= 15 is 0 Å². The molecule has 132 valence electrons. The Morgan fingerprint density at radius 2 is 1.85 bits per heavy atom. The van der Waals surface area contributed by atoms with Crippen LogP contribution in [-0.2, 0) is 0 Å². The molecule has 4 rings (SSSR count). The summed E-state index contributed by atoms with van der Waals surface area (Å²) in [6.07, 6.45) is 0.892. The summed E-state index contributed by atoms with van der Waals surface area (Å²) in [6, 6.07) is 16.6. The highest BCUT2D eigenvalue weighted by Gasteiger charge is 2.27. The molecule has 1 aliphatic rings. The number of carbonyl (C=O) groups is 1. The molecular formula is C20H18N2O4. The van der Waals surface area contributed by atoms with Gasteiger partial charge in [0.2, 0.25) is 5.76 Å². The van der Waals surface area contributed by atoms with Gasteiger partial charge in [-0.15, -0.1) is 0 Å². The third-order valence-electron chi connectivity index (χ3n) is 4.35. The van der Waals surface area contributed by atoms with Gasteiger partial charge in [-0.3, -0.25) is 0 Å². The summed E-state index contributed by atoms with van der Waals surface area (Å²) in [5, 5.41) is 12.7. The fourth-order valence-corrected chi connectivity index (χ4v) is 3.02. The second kappa shape index (κ2) is 7.01. The van der Waals surface area contributed by atoms with Crippen molar-refractivity contribution in [2.45, 2.75) is 12.3 Å². The van der Waals surface area contributed by atoms with Gasteiger partial charge in [0, 0.05) is 18.0 Å². The van der Waals surface area contributed by atoms with Crippen LogP contribution in [0.1, 0.15) is 28.8 Å². The van der Waals surface area contributed by atoms with Crippen molar-refractivity contribution in [2.75, 3.05) is 13.1 Å². The number of carboxylic acids is 1. The molecule has 1 unspecified atom stereocenters. The quantitative estimate of drug-likeness (QED) is 0.726. The Bertz CT molecular complexity index is 897. The number of para-hydroxylation sites is 1. The number of rotatable bonds is 5. The molecule has 0 aliphatic carbocycles. The summed E-state index contributed by atoms with van der Waals surface area (Å²) in [7, 11) is 0. The summed E-state index contributed by atoms with van der Waals surface area (Å²) in [5.74, 6) is 0.761. The average Bonchev–Trinajstić information content (AvgIpc) is 3.33. The molecule has 0 amide bonds. The molecule has 2 heterocycles. The maximum Gasteiger partial charge on any atom is 0.374 e. The number of nitrogens with one attached hydrogen (secondary N) is 1. The number of hydrogen-bond acceptors (Lipinski definition) is 5. The largest absolute Gasteiger partial charge is 0.475 e. The van der Waals surface area contributed by atoms with Crippen molar-refractivity contribution < 1.29 is 19.1 Å². The normalized spacial score (nSPS) is 16.5. The Hall–Kier alpha value is -3.12. The van der Waals surface area contributed by atoms with E-state index in [0.29, 0.717) is 22.9 Å². The molecule has 1 saturated heterocycles. The lowest BCUT2D eigenvalue weighted by atomic mass is 10.1. The zero-order valence-corrected chi connectivity index (χ0v) is 14.0. The summed E-state index contributed by atoms with van der Waals surface area (Å²) in [5.41, 5.74) is 1.04. The maximum absolute atomic E-state index is 11.6. The predicted molar refractivity (Wildman–Crippen MR) is 95.6 cm³/mol. The van der Waals surface area contributed by atoms with Gasteiger partial charge < -0.3 is 19.6 Å². The minimum absolute atomic E-state index is 0.113. The first-order valence-electron chi connectivity index (χ1n) is 8.49. The van der Waals surface area contributed by atoms with E-state index in [4.69, 9.17) is 9.15 Å². The highest BCUT2D eigenvalue weighted by atomic mass is 16.5. The molecule has 3 aromatic rings. The van der Waals surface area contributed by atoms with Gasteiger partial charge in [0.1, 0.15) is 17.2 Å². The van der Waals surface area contributed by atoms with Crippen LogP contribution in [0.15, 0.2) is 59.0 Å². The first kappa shape index (κ1) is 16.4. The molecule has 2 aromatic carbocycles. The van der Waals surface area contributed by atoms with Crippen LogP contribution in [0, 0.1) is 0 Å². The van der Waals surface area contributed by atoms with Crippen molar-refractivity contribution in [3.63, 3.8) is 0 Å². The van der Waals surface area contributed by atoms with Crippen molar-refractivity contribution in [3.8, 4) is 22.8 Å². The third kappa shape index (κ3) is 3.32. The van der Waals surface area contributed by atoms with Crippen LogP contribution in [0.25, 0.3) is 11.3 Å². The molecule has 0 radical (unpaired) electrons. The number of aromatic nitrogens is 1. The molecule has 6 nitrogen and oxygen atoms in total. The molecule has 1 atom stereocenters. The fraction of sp³-hybridized carbons (Fsp3) is 0.200. The van der Waals surface area contributed by atoms with E-state index in [9.17, 15) is 9.90 Å². The predicted octanol–water partition coefficient (Wildman–Crippen LogP) is 3.91. The number of oxazole rings is 1. The van der Waals surface area contributed by atoms with Crippen LogP contribution in [0.4, 0.5) is 0 Å². The minimum atomic E-state index is -1.12. The summed E-state index contributed by atoms with van der Waals surface area (Å²) >= 11 is 0. The lowest BCUT2D eigenvalue weighted by molar-refractivity contribution is 0.0661. The molecule has 1 aliphatic heterocycles. The standard InChI is InChI=1S/C20H18N2O4/c23-20(24)18-17(22-19(26-18)14-10-11-21-12-14)13-6-8-16(9-7-13)25-15-4-2-1-3-5-15/h1-9,14,21H,10-12H2,(H,23,24). The van der Waals surface area contributed by atoms with E-state index in [1.54, 1.807) is 24.3 Å². The molecule has 1 aromatic heterocycles. The smallest absolute Gasteiger partial charge is 0.374 e. The number of carboxylic acid groups (broad SMARTS) is 1. The van der Waals surface area contributed by atoms with E-state index in [2.05, 4.69) is 10.3 Å². The van der Waals surface area contributed by atoms with Crippen molar-refractivity contribution in [1.29, 1.82) is 0 Å². The van der Waals surface area contributed by atoms with Gasteiger partial charge in [-0.25, -0.2) is 9.78 Å². The van der Waals surface area contributed by atoms with Crippen LogP contribution >= 0.6 is 0 Å². The monoisotopic (exact) mass is 350 g/mol.